The summed E-state index contributed by atoms with van der Waals surface area (Å²) >= 11 is 1.37. The zero-order chi connectivity index (χ0) is 24.4. The Balaban J connectivity index is 1.27. The summed E-state index contributed by atoms with van der Waals surface area (Å²) in [5.41, 5.74) is 2.04. The van der Waals surface area contributed by atoms with Crippen LogP contribution >= 0.6 is 11.8 Å². The molecule has 1 saturated carbocycles. The van der Waals surface area contributed by atoms with Crippen LogP contribution in [0.5, 0.6) is 0 Å². The van der Waals surface area contributed by atoms with Gasteiger partial charge >= 0.3 is 0 Å². The van der Waals surface area contributed by atoms with Crippen molar-refractivity contribution in [3.63, 3.8) is 0 Å². The van der Waals surface area contributed by atoms with Gasteiger partial charge in [0.2, 0.25) is 17.6 Å². The largest absolute Gasteiger partial charge is 0.461 e. The van der Waals surface area contributed by atoms with Gasteiger partial charge in [-0.1, -0.05) is 36.7 Å². The lowest BCUT2D eigenvalue weighted by Crippen LogP contribution is -2.56. The third-order valence-corrected chi connectivity index (χ3v) is 7.84. The molecule has 9 heteroatoms. The van der Waals surface area contributed by atoms with Crippen LogP contribution in [0.4, 0.5) is 0 Å². The highest BCUT2D eigenvalue weighted by Gasteiger charge is 2.34. The molecule has 1 atom stereocenters. The van der Waals surface area contributed by atoms with Gasteiger partial charge in [-0.25, -0.2) is 0 Å². The molecule has 3 heterocycles. The van der Waals surface area contributed by atoms with E-state index in [9.17, 15) is 9.59 Å². The molecule has 0 bridgehead atoms. The van der Waals surface area contributed by atoms with E-state index in [1.807, 2.05) is 58.5 Å². The molecule has 1 aliphatic heterocycles. The lowest BCUT2D eigenvalue weighted by Gasteiger charge is -2.41. The van der Waals surface area contributed by atoms with Gasteiger partial charge in [-0.2, -0.15) is 0 Å². The Morgan fingerprint density at radius 3 is 2.66 bits per heavy atom. The number of carbonyl (C=O) groups excluding carboxylic acids is 2. The number of aryl methyl sites for hydroxylation is 1. The standard InChI is InChI=1S/C26H31N5O3S/c1-18-7-5-10-21(15-18)31-24(22-11-6-14-34-22)27-28-26(31)35-17-23(32)29-12-13-30(19(2)16-29)25(33)20-8-3-4-9-20/h5-7,10-11,14-15,19-20H,3-4,8-9,12-13,16-17H2,1-2H3. The normalized spacial score (nSPS) is 18.9. The number of piperazine rings is 1. The minimum atomic E-state index is 0.0345. The second-order valence-electron chi connectivity index (χ2n) is 9.45. The van der Waals surface area contributed by atoms with E-state index in [1.54, 1.807) is 6.26 Å². The summed E-state index contributed by atoms with van der Waals surface area (Å²) in [6.07, 6.45) is 5.91. The Morgan fingerprint density at radius 2 is 1.94 bits per heavy atom. The third-order valence-electron chi connectivity index (χ3n) is 6.93. The molecule has 2 aliphatic rings. The Hall–Kier alpha value is -3.07. The second-order valence-corrected chi connectivity index (χ2v) is 10.4. The number of hydrogen-bond acceptors (Lipinski definition) is 6. The number of carbonyl (C=O) groups is 2. The van der Waals surface area contributed by atoms with E-state index in [4.69, 9.17) is 4.42 Å². The van der Waals surface area contributed by atoms with E-state index in [1.165, 1.54) is 11.8 Å². The molecule has 2 fully saturated rings. The molecule has 0 N–H and O–H groups in total. The van der Waals surface area contributed by atoms with E-state index in [0.717, 1.165) is 36.9 Å². The Labute approximate surface area is 209 Å². The highest BCUT2D eigenvalue weighted by molar-refractivity contribution is 7.99. The Bertz CT molecular complexity index is 1190. The molecule has 1 saturated heterocycles. The molecule has 2 amide bonds. The molecule has 184 valence electrons. The van der Waals surface area contributed by atoms with Gasteiger partial charge in [0.1, 0.15) is 0 Å². The van der Waals surface area contributed by atoms with E-state index in [2.05, 4.69) is 16.3 Å². The van der Waals surface area contributed by atoms with Crippen molar-refractivity contribution < 1.29 is 14.0 Å². The number of aromatic nitrogens is 3. The first-order valence-electron chi connectivity index (χ1n) is 12.3. The van der Waals surface area contributed by atoms with Crippen LogP contribution in [0, 0.1) is 12.8 Å². The van der Waals surface area contributed by atoms with Crippen LogP contribution in [0.1, 0.15) is 38.2 Å². The van der Waals surface area contributed by atoms with E-state index in [0.29, 0.717) is 36.4 Å². The van der Waals surface area contributed by atoms with Gasteiger partial charge in [-0.15, -0.1) is 10.2 Å². The summed E-state index contributed by atoms with van der Waals surface area (Å²) in [6, 6.07) is 11.8. The third kappa shape index (κ3) is 5.00. The fourth-order valence-corrected chi connectivity index (χ4v) is 5.92. The molecule has 8 nitrogen and oxygen atoms in total. The first kappa shape index (κ1) is 23.7. The van der Waals surface area contributed by atoms with Crippen molar-refractivity contribution in [3.05, 3.63) is 48.2 Å². The molecule has 35 heavy (non-hydrogen) atoms. The predicted octanol–water partition coefficient (Wildman–Crippen LogP) is 4.18. The molecule has 3 aromatic rings. The van der Waals surface area contributed by atoms with Crippen LogP contribution in [-0.2, 0) is 9.59 Å². The van der Waals surface area contributed by atoms with Crippen LogP contribution in [0.3, 0.4) is 0 Å². The summed E-state index contributed by atoms with van der Waals surface area (Å²) < 4.78 is 7.52. The fourth-order valence-electron chi connectivity index (χ4n) is 5.07. The fraction of sp³-hybridized carbons (Fsp3) is 0.462. The van der Waals surface area contributed by atoms with Crippen LogP contribution in [0.15, 0.2) is 52.2 Å². The van der Waals surface area contributed by atoms with E-state index in [-0.39, 0.29) is 29.5 Å². The molecule has 2 aromatic heterocycles. The summed E-state index contributed by atoms with van der Waals surface area (Å²) in [6.45, 7) is 5.83. The van der Waals surface area contributed by atoms with Crippen molar-refractivity contribution in [1.82, 2.24) is 24.6 Å². The Morgan fingerprint density at radius 1 is 1.11 bits per heavy atom. The maximum atomic E-state index is 13.1. The number of hydrogen-bond donors (Lipinski definition) is 0. The molecule has 1 unspecified atom stereocenters. The Kier molecular flexibility index (Phi) is 6.95. The van der Waals surface area contributed by atoms with E-state index < -0.39 is 0 Å². The van der Waals surface area contributed by atoms with Crippen molar-refractivity contribution in [1.29, 1.82) is 0 Å². The molecule has 0 spiro atoms. The monoisotopic (exact) mass is 493 g/mol. The molecule has 5 rings (SSSR count). The zero-order valence-corrected chi connectivity index (χ0v) is 21.0. The first-order valence-corrected chi connectivity index (χ1v) is 13.3. The van der Waals surface area contributed by atoms with Crippen molar-refractivity contribution in [2.45, 2.75) is 50.7 Å². The van der Waals surface area contributed by atoms with Gasteiger partial charge in [0.15, 0.2) is 10.9 Å². The minimum absolute atomic E-state index is 0.0345. The van der Waals surface area contributed by atoms with Gasteiger partial charge in [-0.05, 0) is 56.5 Å². The van der Waals surface area contributed by atoms with Crippen molar-refractivity contribution in [2.75, 3.05) is 25.4 Å². The maximum absolute atomic E-state index is 13.1. The maximum Gasteiger partial charge on any atom is 0.233 e. The molecular weight excluding hydrogens is 462 g/mol. The number of nitrogens with zero attached hydrogens (tertiary/aromatic N) is 5. The minimum Gasteiger partial charge on any atom is -0.461 e. The number of thioether (sulfide) groups is 1. The van der Waals surface area contributed by atoms with Gasteiger partial charge in [0, 0.05) is 31.6 Å². The lowest BCUT2D eigenvalue weighted by atomic mass is 10.0. The summed E-state index contributed by atoms with van der Waals surface area (Å²) in [4.78, 5) is 29.9. The van der Waals surface area contributed by atoms with Crippen LogP contribution in [-0.4, -0.2) is 67.8 Å². The number of amides is 2. The van der Waals surface area contributed by atoms with Gasteiger partial charge < -0.3 is 14.2 Å². The predicted molar refractivity (Wildman–Crippen MR) is 134 cm³/mol. The van der Waals surface area contributed by atoms with Crippen LogP contribution < -0.4 is 0 Å². The van der Waals surface area contributed by atoms with Gasteiger partial charge in [-0.3, -0.25) is 14.2 Å². The molecule has 0 radical (unpaired) electrons. The van der Waals surface area contributed by atoms with Gasteiger partial charge in [0.25, 0.3) is 0 Å². The first-order chi connectivity index (χ1) is 17.0. The van der Waals surface area contributed by atoms with Crippen molar-refractivity contribution >= 4 is 23.6 Å². The summed E-state index contributed by atoms with van der Waals surface area (Å²) in [5.74, 6) is 1.97. The average molecular weight is 494 g/mol. The topological polar surface area (TPSA) is 84.5 Å². The number of furan rings is 1. The summed E-state index contributed by atoms with van der Waals surface area (Å²) in [7, 11) is 0. The smallest absolute Gasteiger partial charge is 0.233 e. The second kappa shape index (κ2) is 10.3. The highest BCUT2D eigenvalue weighted by Crippen LogP contribution is 2.30. The average Bonchev–Trinajstić information content (AvgIpc) is 3.63. The number of benzene rings is 1. The van der Waals surface area contributed by atoms with Crippen molar-refractivity contribution in [3.8, 4) is 17.3 Å². The zero-order valence-electron chi connectivity index (χ0n) is 20.2. The van der Waals surface area contributed by atoms with Crippen LogP contribution in [0.2, 0.25) is 0 Å². The molecule has 1 aromatic carbocycles. The van der Waals surface area contributed by atoms with E-state index >= 15 is 0 Å². The summed E-state index contributed by atoms with van der Waals surface area (Å²) in [5, 5.41) is 9.38. The molecular formula is C26H31N5O3S. The number of rotatable bonds is 6. The van der Waals surface area contributed by atoms with Gasteiger partial charge in [0.05, 0.1) is 17.7 Å². The SMILES string of the molecule is Cc1cccc(-n2c(SCC(=O)N3CCN(C(=O)C4CCCC4)C(C)C3)nnc2-c2ccco2)c1. The highest BCUT2D eigenvalue weighted by atomic mass is 32.2. The van der Waals surface area contributed by atoms with Crippen LogP contribution in [0.25, 0.3) is 17.3 Å². The van der Waals surface area contributed by atoms with Crippen molar-refractivity contribution in [2.24, 2.45) is 5.92 Å². The quantitative estimate of drug-likeness (QED) is 0.479. The molecule has 1 aliphatic carbocycles. The lowest BCUT2D eigenvalue weighted by molar-refractivity contribution is -0.144.